The van der Waals surface area contributed by atoms with E-state index in [0.29, 0.717) is 63.5 Å². The minimum absolute atomic E-state index is 0.000859. The molecular formula is C30H39FN2O6. The molecule has 9 heteroatoms. The monoisotopic (exact) mass is 542 g/mol. The molecule has 2 aromatic rings. The number of ether oxygens (including phenoxy) is 3. The number of benzene rings is 2. The first kappa shape index (κ1) is 28.7. The van der Waals surface area contributed by atoms with E-state index in [1.165, 1.54) is 6.07 Å². The van der Waals surface area contributed by atoms with E-state index in [9.17, 15) is 19.1 Å². The second kappa shape index (κ2) is 13.6. The molecule has 0 bridgehead atoms. The van der Waals surface area contributed by atoms with Crippen LogP contribution in [-0.2, 0) is 14.3 Å². The minimum Gasteiger partial charge on any atom is -0.494 e. The van der Waals surface area contributed by atoms with Crippen LogP contribution in [0.1, 0.15) is 46.0 Å². The molecule has 212 valence electrons. The van der Waals surface area contributed by atoms with Crippen molar-refractivity contribution < 1.29 is 33.3 Å². The highest BCUT2D eigenvalue weighted by Gasteiger charge is 2.34. The van der Waals surface area contributed by atoms with Crippen LogP contribution >= 0.6 is 0 Å². The molecule has 8 nitrogen and oxygen atoms in total. The van der Waals surface area contributed by atoms with E-state index >= 15 is 0 Å². The van der Waals surface area contributed by atoms with E-state index in [2.05, 4.69) is 16.7 Å². The van der Waals surface area contributed by atoms with E-state index in [4.69, 9.17) is 14.2 Å². The number of hydrogen-bond donors (Lipinski definition) is 1. The number of aldehydes is 1. The summed E-state index contributed by atoms with van der Waals surface area (Å²) in [5.74, 6) is 0.515. The van der Waals surface area contributed by atoms with Crippen molar-refractivity contribution in [3.05, 3.63) is 48.3 Å². The number of carbonyl (C=O) groups excluding carboxylic acids is 1. The minimum atomic E-state index is -0.837. The van der Waals surface area contributed by atoms with E-state index < -0.39 is 5.97 Å². The van der Waals surface area contributed by atoms with Gasteiger partial charge in [-0.3, -0.25) is 4.79 Å². The molecule has 4 atom stereocenters. The fourth-order valence-corrected chi connectivity index (χ4v) is 5.52. The zero-order valence-electron chi connectivity index (χ0n) is 22.8. The summed E-state index contributed by atoms with van der Waals surface area (Å²) in [5.41, 5.74) is 1.49. The number of hydrogen-bond acceptors (Lipinski definition) is 7. The highest BCUT2D eigenvalue weighted by molar-refractivity contribution is 5.69. The number of carboxylic acids is 1. The number of halogens is 1. The molecule has 2 unspecified atom stereocenters. The fourth-order valence-electron chi connectivity index (χ4n) is 5.52. The van der Waals surface area contributed by atoms with E-state index in [1.54, 1.807) is 12.1 Å². The molecule has 2 aliphatic heterocycles. The standard InChI is InChI=1S/C30H39FN2O6/c1-3-37-25-10-11-27(31)28(18-25)32-13-12-29(21(2)19-32)39-24-8-6-22(7-9-24)33-20-26(38-15-5-4-14-34)16-23(33)17-30(35)36/h6-11,14,18,21,23,26,29H,3-5,12-13,15-17,19-20H2,1-2H3,(H,35,36)/t21?,23-,26-,29?/m1/s1. The van der Waals surface area contributed by atoms with Gasteiger partial charge in [0.05, 0.1) is 24.8 Å². The molecule has 2 aliphatic rings. The molecule has 2 heterocycles. The number of carboxylic acid groups (broad SMARTS) is 1. The molecule has 2 saturated heterocycles. The lowest BCUT2D eigenvalue weighted by Crippen LogP contribution is -2.44. The van der Waals surface area contributed by atoms with Gasteiger partial charge in [-0.15, -0.1) is 0 Å². The molecule has 0 aromatic heterocycles. The Balaban J connectivity index is 1.35. The van der Waals surface area contributed by atoms with Gasteiger partial charge in [0.1, 0.15) is 29.7 Å². The van der Waals surface area contributed by atoms with Gasteiger partial charge in [0.15, 0.2) is 0 Å². The summed E-state index contributed by atoms with van der Waals surface area (Å²) < 4.78 is 32.4. The van der Waals surface area contributed by atoms with Crippen LogP contribution in [0.15, 0.2) is 42.5 Å². The highest BCUT2D eigenvalue weighted by atomic mass is 19.1. The lowest BCUT2D eigenvalue weighted by Gasteiger charge is -2.38. The molecule has 4 rings (SSSR count). The largest absolute Gasteiger partial charge is 0.494 e. The fraction of sp³-hybridized carbons (Fsp3) is 0.533. The molecule has 39 heavy (non-hydrogen) atoms. The molecule has 0 amide bonds. The first-order chi connectivity index (χ1) is 18.9. The third-order valence-electron chi connectivity index (χ3n) is 7.46. The Bertz CT molecular complexity index is 1100. The molecule has 2 aromatic carbocycles. The van der Waals surface area contributed by atoms with Crippen molar-refractivity contribution in [3.63, 3.8) is 0 Å². The maximum absolute atomic E-state index is 14.6. The number of anilines is 2. The Labute approximate surface area is 229 Å². The Morgan fingerprint density at radius 3 is 2.62 bits per heavy atom. The Hall–Kier alpha value is -3.33. The molecule has 0 radical (unpaired) electrons. The molecular weight excluding hydrogens is 503 g/mol. The summed E-state index contributed by atoms with van der Waals surface area (Å²) in [6.07, 6.45) is 3.38. The second-order valence-electron chi connectivity index (χ2n) is 10.3. The zero-order valence-corrected chi connectivity index (χ0v) is 22.8. The van der Waals surface area contributed by atoms with Crippen LogP contribution in [0.2, 0.25) is 0 Å². The van der Waals surface area contributed by atoms with E-state index in [-0.39, 0.29) is 36.4 Å². The van der Waals surface area contributed by atoms with Crippen LogP contribution in [0.4, 0.5) is 15.8 Å². The van der Waals surface area contributed by atoms with Gasteiger partial charge in [-0.2, -0.15) is 0 Å². The van der Waals surface area contributed by atoms with Gasteiger partial charge in [0.25, 0.3) is 0 Å². The summed E-state index contributed by atoms with van der Waals surface area (Å²) in [7, 11) is 0. The lowest BCUT2D eigenvalue weighted by molar-refractivity contribution is -0.137. The topological polar surface area (TPSA) is 88.5 Å². The average Bonchev–Trinajstić information content (AvgIpc) is 3.31. The Morgan fingerprint density at radius 1 is 1.15 bits per heavy atom. The number of unbranched alkanes of at least 4 members (excludes halogenated alkanes) is 1. The summed E-state index contributed by atoms with van der Waals surface area (Å²) in [6, 6.07) is 12.5. The lowest BCUT2D eigenvalue weighted by atomic mass is 9.95. The van der Waals surface area contributed by atoms with Crippen LogP contribution in [0.3, 0.4) is 0 Å². The summed E-state index contributed by atoms with van der Waals surface area (Å²) >= 11 is 0. The van der Waals surface area contributed by atoms with Crippen LogP contribution in [0, 0.1) is 11.7 Å². The quantitative estimate of drug-likeness (QED) is 0.281. The molecule has 2 fully saturated rings. The number of nitrogens with zero attached hydrogens (tertiary/aromatic N) is 2. The molecule has 0 saturated carbocycles. The second-order valence-corrected chi connectivity index (χ2v) is 10.3. The van der Waals surface area contributed by atoms with Crippen LogP contribution in [-0.4, -0.2) is 68.5 Å². The Morgan fingerprint density at radius 2 is 1.92 bits per heavy atom. The first-order valence-electron chi connectivity index (χ1n) is 13.9. The van der Waals surface area contributed by atoms with Crippen molar-refractivity contribution in [2.75, 3.05) is 42.6 Å². The van der Waals surface area contributed by atoms with Gasteiger partial charge >= 0.3 is 5.97 Å². The van der Waals surface area contributed by atoms with Crippen molar-refractivity contribution in [2.24, 2.45) is 5.92 Å². The number of carbonyl (C=O) groups is 2. The molecule has 0 aliphatic carbocycles. The summed E-state index contributed by atoms with van der Waals surface area (Å²) in [5, 5.41) is 9.41. The summed E-state index contributed by atoms with van der Waals surface area (Å²) in [6.45, 7) is 7.01. The van der Waals surface area contributed by atoms with Gasteiger partial charge < -0.3 is 33.9 Å². The maximum Gasteiger partial charge on any atom is 0.305 e. The highest BCUT2D eigenvalue weighted by Crippen LogP contribution is 2.33. The van der Waals surface area contributed by atoms with Gasteiger partial charge in [0, 0.05) is 62.8 Å². The van der Waals surface area contributed by atoms with Crippen LogP contribution in [0.5, 0.6) is 11.5 Å². The third-order valence-corrected chi connectivity index (χ3v) is 7.46. The molecule has 1 N–H and O–H groups in total. The van der Waals surface area contributed by atoms with Crippen LogP contribution < -0.4 is 19.3 Å². The number of rotatable bonds is 13. The van der Waals surface area contributed by atoms with Gasteiger partial charge in [-0.05, 0) is 56.2 Å². The normalized spacial score (nSPS) is 23.1. The Kier molecular flexibility index (Phi) is 10.0. The maximum atomic E-state index is 14.6. The van der Waals surface area contributed by atoms with Crippen molar-refractivity contribution >= 4 is 23.6 Å². The first-order valence-corrected chi connectivity index (χ1v) is 13.9. The predicted octanol–water partition coefficient (Wildman–Crippen LogP) is 4.94. The smallest absolute Gasteiger partial charge is 0.305 e. The van der Waals surface area contributed by atoms with E-state index in [1.807, 2.05) is 31.2 Å². The average molecular weight is 543 g/mol. The number of piperidine rings is 1. The predicted molar refractivity (Wildman–Crippen MR) is 147 cm³/mol. The van der Waals surface area contributed by atoms with Crippen LogP contribution in [0.25, 0.3) is 0 Å². The SMILES string of the molecule is CCOc1ccc(F)c(N2CCC(Oc3ccc(N4C[C@H](OCCCC=O)C[C@@H]4CC(=O)O)cc3)C(C)C2)c1. The number of aliphatic carboxylic acids is 1. The summed E-state index contributed by atoms with van der Waals surface area (Å²) in [4.78, 5) is 26.2. The van der Waals surface area contributed by atoms with E-state index in [0.717, 1.165) is 24.1 Å². The van der Waals surface area contributed by atoms with Crippen molar-refractivity contribution in [3.8, 4) is 11.5 Å². The van der Waals surface area contributed by atoms with Gasteiger partial charge in [0.2, 0.25) is 0 Å². The van der Waals surface area contributed by atoms with Gasteiger partial charge in [-0.1, -0.05) is 6.92 Å². The third kappa shape index (κ3) is 7.62. The zero-order chi connectivity index (χ0) is 27.8. The van der Waals surface area contributed by atoms with Crippen molar-refractivity contribution in [1.82, 2.24) is 0 Å². The van der Waals surface area contributed by atoms with Gasteiger partial charge in [-0.25, -0.2) is 4.39 Å². The van der Waals surface area contributed by atoms with Crippen molar-refractivity contribution in [1.29, 1.82) is 0 Å². The van der Waals surface area contributed by atoms with Crippen molar-refractivity contribution in [2.45, 2.75) is 64.2 Å². The molecule has 0 spiro atoms.